The van der Waals surface area contributed by atoms with Crippen LogP contribution in [0.5, 0.6) is 0 Å². The molecule has 2 bridgehead atoms. The molecule has 0 aromatic heterocycles. The number of carbonyl (C=O) groups excluding carboxylic acids is 3. The Morgan fingerprint density at radius 2 is 1.59 bits per heavy atom. The molecule has 7 heteroatoms. The molecule has 0 spiro atoms. The Morgan fingerprint density at radius 3 is 2.19 bits per heavy atom. The Balaban J connectivity index is 1.39. The zero-order valence-electron chi connectivity index (χ0n) is 19.7. The van der Waals surface area contributed by atoms with E-state index in [4.69, 9.17) is 4.74 Å². The van der Waals surface area contributed by atoms with Gasteiger partial charge in [0.15, 0.2) is 0 Å². The fourth-order valence-corrected chi connectivity index (χ4v) is 5.23. The minimum atomic E-state index is -0.512. The lowest BCUT2D eigenvalue weighted by atomic mass is 9.84. The maximum Gasteiger partial charge on any atom is 0.410 e. The van der Waals surface area contributed by atoms with Gasteiger partial charge in [0, 0.05) is 39.1 Å². The second-order valence-corrected chi connectivity index (χ2v) is 10.7. The first-order valence-corrected chi connectivity index (χ1v) is 11.7. The number of benzene rings is 1. The maximum atomic E-state index is 13.5. The molecule has 3 fully saturated rings. The molecule has 0 radical (unpaired) electrons. The Hall–Kier alpha value is -2.57. The summed E-state index contributed by atoms with van der Waals surface area (Å²) in [7, 11) is 0. The first-order valence-electron chi connectivity index (χ1n) is 11.7. The number of amides is 3. The van der Waals surface area contributed by atoms with Gasteiger partial charge in [-0.25, -0.2) is 4.79 Å². The number of hydrogen-bond donors (Lipinski definition) is 0. The van der Waals surface area contributed by atoms with E-state index in [1.54, 1.807) is 9.80 Å². The number of carbonyl (C=O) groups is 3. The molecule has 1 aromatic rings. The van der Waals surface area contributed by atoms with Gasteiger partial charge < -0.3 is 19.4 Å². The van der Waals surface area contributed by atoms with Crippen molar-refractivity contribution in [1.82, 2.24) is 14.7 Å². The molecule has 4 rings (SSSR count). The summed E-state index contributed by atoms with van der Waals surface area (Å²) in [5.41, 5.74) is 1.71. The highest BCUT2D eigenvalue weighted by atomic mass is 16.6. The van der Waals surface area contributed by atoms with Crippen LogP contribution in [-0.2, 0) is 20.9 Å². The summed E-state index contributed by atoms with van der Waals surface area (Å²) < 4.78 is 5.55. The van der Waals surface area contributed by atoms with Crippen molar-refractivity contribution in [2.45, 2.75) is 65.1 Å². The molecule has 7 nitrogen and oxygen atoms in total. The molecule has 0 N–H and O–H groups in total. The molecule has 3 amide bonds. The maximum absolute atomic E-state index is 13.5. The van der Waals surface area contributed by atoms with Gasteiger partial charge in [0.2, 0.25) is 11.8 Å². The van der Waals surface area contributed by atoms with Crippen LogP contribution in [0.4, 0.5) is 4.79 Å². The van der Waals surface area contributed by atoms with Gasteiger partial charge >= 0.3 is 6.09 Å². The third kappa shape index (κ3) is 5.08. The molecule has 3 atom stereocenters. The fourth-order valence-electron chi connectivity index (χ4n) is 5.23. The van der Waals surface area contributed by atoms with E-state index in [9.17, 15) is 14.4 Å². The molecule has 32 heavy (non-hydrogen) atoms. The first-order chi connectivity index (χ1) is 15.1. The summed E-state index contributed by atoms with van der Waals surface area (Å²) in [6.45, 7) is 10.6. The second-order valence-electron chi connectivity index (χ2n) is 10.7. The lowest BCUT2D eigenvalue weighted by Gasteiger charge is -2.46. The number of nitrogens with zero attached hydrogens (tertiary/aromatic N) is 3. The lowest BCUT2D eigenvalue weighted by molar-refractivity contribution is -0.145. The predicted molar refractivity (Wildman–Crippen MR) is 121 cm³/mol. The van der Waals surface area contributed by atoms with Gasteiger partial charge in [-0.05, 0) is 57.9 Å². The predicted octanol–water partition coefficient (Wildman–Crippen LogP) is 3.20. The minimum absolute atomic E-state index is 0.0530. The van der Waals surface area contributed by atoms with Crippen molar-refractivity contribution >= 4 is 17.9 Å². The summed E-state index contributed by atoms with van der Waals surface area (Å²) in [6, 6.07) is 7.74. The summed E-state index contributed by atoms with van der Waals surface area (Å²) in [5.74, 6) is 0.615. The first kappa shape index (κ1) is 22.6. The Bertz CT molecular complexity index is 862. The van der Waals surface area contributed by atoms with E-state index in [1.807, 2.05) is 56.9 Å². The third-order valence-electron chi connectivity index (χ3n) is 6.63. The summed E-state index contributed by atoms with van der Waals surface area (Å²) >= 11 is 0. The van der Waals surface area contributed by atoms with Crippen molar-refractivity contribution in [1.29, 1.82) is 0 Å². The van der Waals surface area contributed by atoms with Gasteiger partial charge in [0.1, 0.15) is 11.6 Å². The molecule has 3 heterocycles. The van der Waals surface area contributed by atoms with E-state index in [-0.39, 0.29) is 35.8 Å². The highest BCUT2D eigenvalue weighted by Crippen LogP contribution is 2.32. The molecule has 3 aliphatic rings. The van der Waals surface area contributed by atoms with Gasteiger partial charge in [-0.1, -0.05) is 29.8 Å². The van der Waals surface area contributed by atoms with Crippen LogP contribution >= 0.6 is 0 Å². The summed E-state index contributed by atoms with van der Waals surface area (Å²) in [5, 5.41) is 0. The topological polar surface area (TPSA) is 70.2 Å². The number of rotatable bonds is 3. The molecule has 0 aliphatic carbocycles. The highest BCUT2D eigenvalue weighted by Gasteiger charge is 2.43. The third-order valence-corrected chi connectivity index (χ3v) is 6.63. The van der Waals surface area contributed by atoms with Crippen molar-refractivity contribution in [3.8, 4) is 0 Å². The van der Waals surface area contributed by atoms with E-state index in [0.29, 0.717) is 45.6 Å². The molecular formula is C25H35N3O4. The number of likely N-dealkylation sites (tertiary alicyclic amines) is 3. The minimum Gasteiger partial charge on any atom is -0.444 e. The van der Waals surface area contributed by atoms with Crippen LogP contribution < -0.4 is 0 Å². The van der Waals surface area contributed by atoms with Gasteiger partial charge in [0.05, 0.1) is 0 Å². The Morgan fingerprint density at radius 1 is 1.00 bits per heavy atom. The van der Waals surface area contributed by atoms with E-state index in [2.05, 4.69) is 0 Å². The summed E-state index contributed by atoms with van der Waals surface area (Å²) in [6.07, 6.45) is 1.77. The van der Waals surface area contributed by atoms with E-state index >= 15 is 0 Å². The Labute approximate surface area is 190 Å². The van der Waals surface area contributed by atoms with Crippen molar-refractivity contribution in [2.24, 2.45) is 11.8 Å². The number of ether oxygens (including phenoxy) is 1. The van der Waals surface area contributed by atoms with Crippen LogP contribution in [0.3, 0.4) is 0 Å². The second kappa shape index (κ2) is 8.75. The van der Waals surface area contributed by atoms with Gasteiger partial charge in [0.25, 0.3) is 0 Å². The zero-order chi connectivity index (χ0) is 23.0. The van der Waals surface area contributed by atoms with E-state index in [0.717, 1.165) is 12.0 Å². The quantitative estimate of drug-likeness (QED) is 0.722. The van der Waals surface area contributed by atoms with Crippen molar-refractivity contribution in [2.75, 3.05) is 26.2 Å². The molecular weight excluding hydrogens is 406 g/mol. The number of aryl methyl sites for hydroxylation is 1. The van der Waals surface area contributed by atoms with Crippen LogP contribution in [-0.4, -0.2) is 70.4 Å². The van der Waals surface area contributed by atoms with Crippen molar-refractivity contribution in [3.05, 3.63) is 35.4 Å². The van der Waals surface area contributed by atoms with Crippen molar-refractivity contribution < 1.29 is 19.1 Å². The van der Waals surface area contributed by atoms with Crippen LogP contribution in [0.2, 0.25) is 0 Å². The largest absolute Gasteiger partial charge is 0.444 e. The molecule has 1 aromatic carbocycles. The van der Waals surface area contributed by atoms with Gasteiger partial charge in [-0.15, -0.1) is 0 Å². The number of piperidine rings is 2. The van der Waals surface area contributed by atoms with Crippen molar-refractivity contribution in [3.63, 3.8) is 0 Å². The monoisotopic (exact) mass is 441 g/mol. The molecule has 2 unspecified atom stereocenters. The standard InChI is InChI=1S/C25H35N3O4/c1-17-5-7-18(8-6-17)16-28-21(9-10-22(28)29)23(30)26-12-19-11-20(13-26)15-27(14-19)24(31)32-25(2,3)4/h5-8,19-21H,9-16H2,1-4H3/t19?,20?,21-/m0/s1. The van der Waals surface area contributed by atoms with E-state index < -0.39 is 5.60 Å². The Kier molecular flexibility index (Phi) is 6.19. The lowest BCUT2D eigenvalue weighted by Crippen LogP contribution is -2.58. The number of fused-ring (bicyclic) bond motifs is 2. The highest BCUT2D eigenvalue weighted by molar-refractivity contribution is 5.91. The van der Waals surface area contributed by atoms with Crippen LogP contribution in [0.1, 0.15) is 51.2 Å². The number of hydrogen-bond acceptors (Lipinski definition) is 4. The smallest absolute Gasteiger partial charge is 0.410 e. The van der Waals surface area contributed by atoms with Crippen LogP contribution in [0, 0.1) is 18.8 Å². The summed E-state index contributed by atoms with van der Waals surface area (Å²) in [4.78, 5) is 44.0. The molecule has 3 saturated heterocycles. The van der Waals surface area contributed by atoms with Gasteiger partial charge in [-0.3, -0.25) is 9.59 Å². The molecule has 0 saturated carbocycles. The molecule has 174 valence electrons. The normalized spacial score (nSPS) is 25.8. The fraction of sp³-hybridized carbons (Fsp3) is 0.640. The zero-order valence-corrected chi connectivity index (χ0v) is 19.7. The average molecular weight is 442 g/mol. The van der Waals surface area contributed by atoms with Crippen LogP contribution in [0.15, 0.2) is 24.3 Å². The van der Waals surface area contributed by atoms with E-state index in [1.165, 1.54) is 5.56 Å². The SMILES string of the molecule is Cc1ccc(CN2C(=O)CC[C@H]2C(=O)N2CC3CC(CN(C(=O)OC(C)(C)C)C3)C2)cc1. The molecule has 3 aliphatic heterocycles. The van der Waals surface area contributed by atoms with Crippen LogP contribution in [0.25, 0.3) is 0 Å². The average Bonchev–Trinajstić information content (AvgIpc) is 3.07. The van der Waals surface area contributed by atoms with Gasteiger partial charge in [-0.2, -0.15) is 0 Å².